The molecule has 196 valence electrons. The number of hydrogen-bond acceptors (Lipinski definition) is 12. The van der Waals surface area contributed by atoms with Gasteiger partial charge in [0.25, 0.3) is 0 Å². The molecule has 1 N–H and O–H groups in total. The molecule has 0 aliphatic carbocycles. The third-order valence-corrected chi connectivity index (χ3v) is 6.39. The molecule has 0 spiro atoms. The maximum absolute atomic E-state index is 12.0. The van der Waals surface area contributed by atoms with E-state index in [4.69, 9.17) is 51.3 Å². The van der Waals surface area contributed by atoms with Crippen LogP contribution in [0.3, 0.4) is 0 Å². The van der Waals surface area contributed by atoms with E-state index in [1.807, 2.05) is 0 Å². The van der Waals surface area contributed by atoms with Crippen LogP contribution in [0, 0.1) is 0 Å². The fraction of sp³-hybridized carbons (Fsp3) is 0.476. The second kappa shape index (κ2) is 11.5. The third-order valence-electron chi connectivity index (χ3n) is 4.79. The quantitative estimate of drug-likeness (QED) is 0.387. The Labute approximate surface area is 217 Å². The molecule has 5 atom stereocenters. The highest BCUT2D eigenvalue weighted by atomic mass is 35.5. The highest BCUT2D eigenvalue weighted by molar-refractivity contribution is 7.16. The third kappa shape index (κ3) is 6.46. The van der Waals surface area contributed by atoms with Gasteiger partial charge in [0.15, 0.2) is 17.8 Å². The number of nitrogens with one attached hydrogen (secondary N) is 1. The molecule has 1 amide bonds. The highest BCUT2D eigenvalue weighted by Crippen LogP contribution is 2.41. The van der Waals surface area contributed by atoms with Crippen molar-refractivity contribution in [2.24, 2.45) is 0 Å². The van der Waals surface area contributed by atoms with Crippen LogP contribution in [0.5, 0.6) is 5.75 Å². The van der Waals surface area contributed by atoms with Crippen molar-refractivity contribution in [3.63, 3.8) is 0 Å². The number of carbonyl (C=O) groups excluding carboxylic acids is 4. The van der Waals surface area contributed by atoms with E-state index in [0.717, 1.165) is 32.1 Å². The topological polar surface area (TPSA) is 157 Å². The van der Waals surface area contributed by atoms with Crippen molar-refractivity contribution >= 4 is 68.6 Å². The van der Waals surface area contributed by atoms with Crippen molar-refractivity contribution in [2.75, 3.05) is 6.61 Å². The molecule has 1 aromatic heterocycles. The molecule has 36 heavy (non-hydrogen) atoms. The van der Waals surface area contributed by atoms with Crippen molar-refractivity contribution < 1.29 is 47.3 Å². The van der Waals surface area contributed by atoms with Crippen LogP contribution in [-0.4, -0.2) is 61.1 Å². The number of halogens is 2. The lowest BCUT2D eigenvalue weighted by Crippen LogP contribution is -2.67. The largest absolute Gasteiger partial charge is 0.463 e. The van der Waals surface area contributed by atoms with E-state index in [9.17, 15) is 24.0 Å². The number of fused-ring (bicyclic) bond motifs is 1. The van der Waals surface area contributed by atoms with E-state index in [-0.39, 0.29) is 21.4 Å². The zero-order chi connectivity index (χ0) is 26.7. The fourth-order valence-corrected chi connectivity index (χ4v) is 4.71. The highest BCUT2D eigenvalue weighted by Gasteiger charge is 2.52. The molecule has 2 aromatic rings. The van der Waals surface area contributed by atoms with E-state index in [0.29, 0.717) is 4.70 Å². The summed E-state index contributed by atoms with van der Waals surface area (Å²) in [7, 11) is 0. The van der Waals surface area contributed by atoms with Gasteiger partial charge in [-0.2, -0.15) is 0 Å². The number of rotatable bonds is 7. The van der Waals surface area contributed by atoms with Gasteiger partial charge in [-0.1, -0.05) is 34.5 Å². The molecular formula is C21H21Cl2NO11S. The molecule has 0 saturated carbocycles. The van der Waals surface area contributed by atoms with Crippen LogP contribution in [-0.2, 0) is 38.1 Å². The molecule has 15 heteroatoms. The van der Waals surface area contributed by atoms with Gasteiger partial charge in [-0.25, -0.2) is 4.79 Å². The molecule has 2 heterocycles. The second-order valence-corrected chi connectivity index (χ2v) is 9.36. The van der Waals surface area contributed by atoms with Crippen LogP contribution in [0.15, 0.2) is 15.3 Å². The Morgan fingerprint density at radius 3 is 2.22 bits per heavy atom. The van der Waals surface area contributed by atoms with Gasteiger partial charge in [-0.15, -0.1) is 0 Å². The summed E-state index contributed by atoms with van der Waals surface area (Å²) >= 11 is 13.3. The predicted molar refractivity (Wildman–Crippen MR) is 125 cm³/mol. The van der Waals surface area contributed by atoms with Crippen LogP contribution in [0.25, 0.3) is 10.3 Å². The first-order valence-electron chi connectivity index (χ1n) is 10.4. The Bertz CT molecular complexity index is 1240. The van der Waals surface area contributed by atoms with E-state index < -0.39 is 66.0 Å². The summed E-state index contributed by atoms with van der Waals surface area (Å²) in [6.45, 7) is 4.19. The Morgan fingerprint density at radius 2 is 1.64 bits per heavy atom. The van der Waals surface area contributed by atoms with Crippen LogP contribution in [0.4, 0.5) is 0 Å². The summed E-state index contributed by atoms with van der Waals surface area (Å²) in [5.41, 5.74) is 0.0624. The van der Waals surface area contributed by atoms with E-state index >= 15 is 0 Å². The van der Waals surface area contributed by atoms with Crippen molar-refractivity contribution in [1.29, 1.82) is 0 Å². The predicted octanol–water partition coefficient (Wildman–Crippen LogP) is 2.20. The first kappa shape index (κ1) is 27.7. The van der Waals surface area contributed by atoms with Gasteiger partial charge in [0, 0.05) is 33.8 Å². The lowest BCUT2D eigenvalue weighted by atomic mass is 9.96. The molecule has 12 nitrogen and oxygen atoms in total. The minimum Gasteiger partial charge on any atom is -0.463 e. The summed E-state index contributed by atoms with van der Waals surface area (Å²) in [4.78, 5) is 58.3. The van der Waals surface area contributed by atoms with E-state index in [2.05, 4.69) is 5.32 Å². The fourth-order valence-electron chi connectivity index (χ4n) is 3.53. The second-order valence-electron chi connectivity index (χ2n) is 7.62. The van der Waals surface area contributed by atoms with Gasteiger partial charge in [0.2, 0.25) is 12.2 Å². The lowest BCUT2D eigenvalue weighted by molar-refractivity contribution is -0.257. The number of ether oxygens (including phenoxy) is 5. The maximum atomic E-state index is 12.0. The molecule has 1 aliphatic rings. The van der Waals surface area contributed by atoms with Gasteiger partial charge in [-0.3, -0.25) is 19.2 Å². The smallest absolute Gasteiger partial charge is 0.396 e. The Balaban J connectivity index is 2.07. The zero-order valence-electron chi connectivity index (χ0n) is 19.3. The first-order valence-corrected chi connectivity index (χ1v) is 11.9. The summed E-state index contributed by atoms with van der Waals surface area (Å²) in [5, 5.41) is 2.34. The van der Waals surface area contributed by atoms with Gasteiger partial charge in [0.1, 0.15) is 34.5 Å². The van der Waals surface area contributed by atoms with Crippen molar-refractivity contribution in [3.8, 4) is 5.75 Å². The number of carbonyl (C=O) groups is 4. The van der Waals surface area contributed by atoms with E-state index in [1.165, 1.54) is 13.0 Å². The number of benzene rings is 1. The van der Waals surface area contributed by atoms with Crippen LogP contribution >= 0.6 is 34.5 Å². The minimum absolute atomic E-state index is 0.0506. The Hall–Kier alpha value is -2.87. The maximum Gasteiger partial charge on any atom is 0.396 e. The van der Waals surface area contributed by atoms with Gasteiger partial charge in [-0.05, 0) is 0 Å². The van der Waals surface area contributed by atoms with Gasteiger partial charge < -0.3 is 33.4 Å². The van der Waals surface area contributed by atoms with Crippen molar-refractivity contribution in [3.05, 3.63) is 25.8 Å². The van der Waals surface area contributed by atoms with Crippen LogP contribution < -0.4 is 15.0 Å². The van der Waals surface area contributed by atoms with Gasteiger partial charge in [0.05, 0.1) is 4.70 Å². The summed E-state index contributed by atoms with van der Waals surface area (Å²) < 4.78 is 33.0. The molecule has 0 radical (unpaired) electrons. The Kier molecular flexibility index (Phi) is 8.82. The standard InChI is InChI=1S/C21H21Cl2NO11S/c1-7(25)24-16-19(32-10(4)28)17(31-9(3)27)12(6-30-8(2)26)34-20(16)33-11-5-13-18(15(23)14(11)22)35-21(29)36-13/h5,12,16-17,19-20H,6H2,1-4H3,(H,24,25)/t12-,16+,17+,19+,20-/m1/s1. The summed E-state index contributed by atoms with van der Waals surface area (Å²) in [6.07, 6.45) is -5.21. The molecule has 0 unspecified atom stereocenters. The average Bonchev–Trinajstić information content (AvgIpc) is 3.13. The molecule has 1 saturated heterocycles. The van der Waals surface area contributed by atoms with Gasteiger partial charge >= 0.3 is 22.8 Å². The normalized spacial score (nSPS) is 23.6. The number of esters is 3. The number of hydrogen-bond donors (Lipinski definition) is 1. The van der Waals surface area contributed by atoms with Crippen molar-refractivity contribution in [1.82, 2.24) is 5.32 Å². The zero-order valence-corrected chi connectivity index (χ0v) is 21.7. The molecule has 0 bridgehead atoms. The Morgan fingerprint density at radius 1 is 1.00 bits per heavy atom. The monoisotopic (exact) mass is 565 g/mol. The molecule has 3 rings (SSSR count). The lowest BCUT2D eigenvalue weighted by Gasteiger charge is -2.44. The molecular weight excluding hydrogens is 545 g/mol. The van der Waals surface area contributed by atoms with Crippen LogP contribution in [0.1, 0.15) is 27.7 Å². The summed E-state index contributed by atoms with van der Waals surface area (Å²) in [6, 6.07) is 0.158. The van der Waals surface area contributed by atoms with E-state index in [1.54, 1.807) is 0 Å². The average molecular weight is 566 g/mol. The summed E-state index contributed by atoms with van der Waals surface area (Å²) in [5.74, 6) is -2.76. The molecule has 1 fully saturated rings. The SMILES string of the molecule is CC(=O)N[C@@H]1[C@H](Oc2cc3sc(=O)oc3c(Cl)c2Cl)O[C@H](COC(C)=O)[C@H](OC(C)=O)[C@H]1OC(C)=O. The van der Waals surface area contributed by atoms with Crippen molar-refractivity contribution in [2.45, 2.75) is 58.3 Å². The molecule has 1 aromatic carbocycles. The minimum atomic E-state index is -1.42. The molecule has 1 aliphatic heterocycles. The number of amides is 1. The van der Waals surface area contributed by atoms with Crippen LogP contribution in [0.2, 0.25) is 10.0 Å². The first-order chi connectivity index (χ1) is 16.9.